The molecule has 1 aromatic heterocycles. The highest BCUT2D eigenvalue weighted by molar-refractivity contribution is 6.39. The predicted molar refractivity (Wildman–Crippen MR) is 124 cm³/mol. The van der Waals surface area contributed by atoms with Gasteiger partial charge in [-0.05, 0) is 68.0 Å². The van der Waals surface area contributed by atoms with Gasteiger partial charge in [0.05, 0.1) is 17.7 Å². The SMILES string of the molecule is COc1ccc(N2C(=O)NC(=O)C(=Cc3cc(C)n(-c4ccc([N+](=O)[O-])cc4)c3C)C2=O)cc1. The zero-order valence-corrected chi connectivity index (χ0v) is 18.6. The second-order valence-electron chi connectivity index (χ2n) is 7.59. The number of hydrogen-bond donors (Lipinski definition) is 1. The lowest BCUT2D eigenvalue weighted by molar-refractivity contribution is -0.384. The lowest BCUT2D eigenvalue weighted by Crippen LogP contribution is -2.54. The standard InChI is InChI=1S/C24H20N4O6/c1-14-12-16(15(2)26(14)17-4-6-19(7-5-17)28(32)33)13-21-22(29)25-24(31)27(23(21)30)18-8-10-20(34-3)11-9-18/h4-13H,1-3H3,(H,25,29,31). The van der Waals surface area contributed by atoms with Crippen LogP contribution >= 0.6 is 0 Å². The van der Waals surface area contributed by atoms with E-state index in [0.717, 1.165) is 10.6 Å². The Morgan fingerprint density at radius 3 is 2.18 bits per heavy atom. The average Bonchev–Trinajstić information content (AvgIpc) is 3.09. The third-order valence-electron chi connectivity index (χ3n) is 5.52. The van der Waals surface area contributed by atoms with Gasteiger partial charge in [0.15, 0.2) is 0 Å². The van der Waals surface area contributed by atoms with Crippen molar-refractivity contribution in [1.29, 1.82) is 0 Å². The highest BCUT2D eigenvalue weighted by Gasteiger charge is 2.37. The molecule has 0 radical (unpaired) electrons. The van der Waals surface area contributed by atoms with Crippen molar-refractivity contribution in [3.63, 3.8) is 0 Å². The Kier molecular flexibility index (Phi) is 5.72. The van der Waals surface area contributed by atoms with Gasteiger partial charge in [-0.3, -0.25) is 25.0 Å². The van der Waals surface area contributed by atoms with Crippen LogP contribution in [0.3, 0.4) is 0 Å². The molecule has 0 unspecified atom stereocenters. The summed E-state index contributed by atoms with van der Waals surface area (Å²) in [6.45, 7) is 3.64. The highest BCUT2D eigenvalue weighted by atomic mass is 16.6. The van der Waals surface area contributed by atoms with Gasteiger partial charge in [0.25, 0.3) is 17.5 Å². The molecule has 3 aromatic rings. The number of non-ortho nitro benzene ring substituents is 1. The molecule has 0 bridgehead atoms. The Balaban J connectivity index is 1.72. The highest BCUT2D eigenvalue weighted by Crippen LogP contribution is 2.27. The largest absolute Gasteiger partial charge is 0.497 e. The lowest BCUT2D eigenvalue weighted by atomic mass is 10.1. The number of rotatable bonds is 5. The predicted octanol–water partition coefficient (Wildman–Crippen LogP) is 3.68. The zero-order valence-electron chi connectivity index (χ0n) is 18.6. The van der Waals surface area contributed by atoms with Crippen molar-refractivity contribution in [2.45, 2.75) is 13.8 Å². The number of benzene rings is 2. The Hall–Kier alpha value is -4.73. The molecule has 0 spiro atoms. The van der Waals surface area contributed by atoms with E-state index in [1.807, 2.05) is 11.5 Å². The molecular formula is C24H20N4O6. The summed E-state index contributed by atoms with van der Waals surface area (Å²) in [4.78, 5) is 49.5. The number of aromatic nitrogens is 1. The number of amides is 4. The number of ether oxygens (including phenoxy) is 1. The van der Waals surface area contributed by atoms with Crippen LogP contribution in [0.1, 0.15) is 17.0 Å². The van der Waals surface area contributed by atoms with Gasteiger partial charge in [0.1, 0.15) is 11.3 Å². The van der Waals surface area contributed by atoms with E-state index >= 15 is 0 Å². The monoisotopic (exact) mass is 460 g/mol. The topological polar surface area (TPSA) is 124 Å². The molecule has 2 aromatic carbocycles. The summed E-state index contributed by atoms with van der Waals surface area (Å²) in [5.41, 5.74) is 2.87. The fourth-order valence-electron chi connectivity index (χ4n) is 3.83. The summed E-state index contributed by atoms with van der Waals surface area (Å²) in [5, 5.41) is 13.1. The Morgan fingerprint density at radius 2 is 1.59 bits per heavy atom. The number of hydrogen-bond acceptors (Lipinski definition) is 6. The third kappa shape index (κ3) is 3.92. The number of nitro groups is 1. The van der Waals surface area contributed by atoms with E-state index in [-0.39, 0.29) is 16.9 Å². The number of carbonyl (C=O) groups is 3. The fourth-order valence-corrected chi connectivity index (χ4v) is 3.83. The minimum atomic E-state index is -0.839. The number of carbonyl (C=O) groups excluding carboxylic acids is 3. The first-order valence-corrected chi connectivity index (χ1v) is 10.2. The molecule has 172 valence electrons. The smallest absolute Gasteiger partial charge is 0.335 e. The maximum Gasteiger partial charge on any atom is 0.335 e. The molecule has 10 heteroatoms. The molecule has 1 aliphatic rings. The van der Waals surface area contributed by atoms with Crippen LogP contribution in [0.25, 0.3) is 11.8 Å². The van der Waals surface area contributed by atoms with E-state index in [4.69, 9.17) is 4.74 Å². The van der Waals surface area contributed by atoms with Crippen molar-refractivity contribution in [3.8, 4) is 11.4 Å². The molecule has 1 saturated heterocycles. The van der Waals surface area contributed by atoms with Crippen LogP contribution in [0.15, 0.2) is 60.2 Å². The van der Waals surface area contributed by atoms with Crippen LogP contribution in [-0.4, -0.2) is 34.4 Å². The number of nitro benzene ring substituents is 1. The van der Waals surface area contributed by atoms with Crippen molar-refractivity contribution < 1.29 is 24.0 Å². The van der Waals surface area contributed by atoms with Gasteiger partial charge in [-0.25, -0.2) is 9.69 Å². The minimum absolute atomic E-state index is 0.0266. The van der Waals surface area contributed by atoms with Crippen molar-refractivity contribution >= 4 is 35.3 Å². The molecule has 1 N–H and O–H groups in total. The summed E-state index contributed by atoms with van der Waals surface area (Å²) in [7, 11) is 1.50. The summed E-state index contributed by atoms with van der Waals surface area (Å²) in [5.74, 6) is -0.988. The van der Waals surface area contributed by atoms with E-state index in [0.29, 0.717) is 22.7 Å². The molecule has 0 atom stereocenters. The number of barbiturate groups is 1. The van der Waals surface area contributed by atoms with E-state index in [9.17, 15) is 24.5 Å². The summed E-state index contributed by atoms with van der Waals surface area (Å²) >= 11 is 0. The summed E-state index contributed by atoms with van der Waals surface area (Å²) in [6.07, 6.45) is 1.44. The molecule has 10 nitrogen and oxygen atoms in total. The molecular weight excluding hydrogens is 440 g/mol. The molecule has 0 aliphatic carbocycles. The second kappa shape index (κ2) is 8.66. The number of urea groups is 1. The zero-order chi connectivity index (χ0) is 24.6. The molecule has 1 aliphatic heterocycles. The molecule has 4 amide bonds. The fraction of sp³-hybridized carbons (Fsp3) is 0.125. The molecule has 0 saturated carbocycles. The van der Waals surface area contributed by atoms with Crippen LogP contribution in [0.4, 0.5) is 16.2 Å². The normalized spacial score (nSPS) is 15.0. The van der Waals surface area contributed by atoms with Gasteiger partial charge in [-0.1, -0.05) is 0 Å². The number of anilines is 1. The first-order valence-electron chi connectivity index (χ1n) is 10.2. The van der Waals surface area contributed by atoms with Gasteiger partial charge in [-0.15, -0.1) is 0 Å². The van der Waals surface area contributed by atoms with Crippen LogP contribution < -0.4 is 15.0 Å². The molecule has 4 rings (SSSR count). The van der Waals surface area contributed by atoms with Crippen LogP contribution in [-0.2, 0) is 9.59 Å². The number of nitrogens with one attached hydrogen (secondary N) is 1. The van der Waals surface area contributed by atoms with E-state index in [1.165, 1.54) is 25.3 Å². The van der Waals surface area contributed by atoms with Gasteiger partial charge >= 0.3 is 6.03 Å². The minimum Gasteiger partial charge on any atom is -0.497 e. The van der Waals surface area contributed by atoms with Gasteiger partial charge in [0, 0.05) is 29.2 Å². The van der Waals surface area contributed by atoms with E-state index < -0.39 is 22.8 Å². The second-order valence-corrected chi connectivity index (χ2v) is 7.59. The number of methoxy groups -OCH3 is 1. The number of aryl methyl sites for hydroxylation is 1. The summed E-state index contributed by atoms with van der Waals surface area (Å²) < 4.78 is 6.96. The molecule has 2 heterocycles. The van der Waals surface area contributed by atoms with Crippen LogP contribution in [0.2, 0.25) is 0 Å². The molecule has 34 heavy (non-hydrogen) atoms. The average molecular weight is 460 g/mol. The van der Waals surface area contributed by atoms with Gasteiger partial charge < -0.3 is 9.30 Å². The van der Waals surface area contributed by atoms with Crippen LogP contribution in [0.5, 0.6) is 5.75 Å². The van der Waals surface area contributed by atoms with Crippen molar-refractivity contribution in [2.24, 2.45) is 0 Å². The van der Waals surface area contributed by atoms with E-state index in [1.54, 1.807) is 49.4 Å². The van der Waals surface area contributed by atoms with Crippen molar-refractivity contribution in [3.05, 3.63) is 87.2 Å². The maximum absolute atomic E-state index is 13.2. The first kappa shape index (κ1) is 22.5. The summed E-state index contributed by atoms with van der Waals surface area (Å²) in [6, 6.07) is 13.3. The molecule has 1 fully saturated rings. The number of imide groups is 2. The first-order chi connectivity index (χ1) is 16.2. The Morgan fingerprint density at radius 1 is 0.971 bits per heavy atom. The van der Waals surface area contributed by atoms with E-state index in [2.05, 4.69) is 5.32 Å². The van der Waals surface area contributed by atoms with Gasteiger partial charge in [0.2, 0.25) is 0 Å². The third-order valence-corrected chi connectivity index (χ3v) is 5.52. The maximum atomic E-state index is 13.2. The number of nitrogens with zero attached hydrogens (tertiary/aromatic N) is 3. The quantitative estimate of drug-likeness (QED) is 0.268. The Labute approximate surface area is 194 Å². The Bertz CT molecular complexity index is 1350. The van der Waals surface area contributed by atoms with Crippen molar-refractivity contribution in [1.82, 2.24) is 9.88 Å². The van der Waals surface area contributed by atoms with Crippen molar-refractivity contribution in [2.75, 3.05) is 12.0 Å². The van der Waals surface area contributed by atoms with Crippen LogP contribution in [0, 0.1) is 24.0 Å². The lowest BCUT2D eigenvalue weighted by Gasteiger charge is -2.26. The van der Waals surface area contributed by atoms with Gasteiger partial charge in [-0.2, -0.15) is 0 Å².